The highest BCUT2D eigenvalue weighted by atomic mass is 16.3. The van der Waals surface area contributed by atoms with Gasteiger partial charge in [0.1, 0.15) is 5.76 Å². The summed E-state index contributed by atoms with van der Waals surface area (Å²) in [6.45, 7) is 12.5. The van der Waals surface area contributed by atoms with Gasteiger partial charge in [0, 0.05) is 5.22 Å². The van der Waals surface area contributed by atoms with Crippen molar-refractivity contribution in [1.82, 2.24) is 0 Å². The highest BCUT2D eigenvalue weighted by molar-refractivity contribution is 5.52. The van der Waals surface area contributed by atoms with Crippen LogP contribution < -0.4 is 10.4 Å². The van der Waals surface area contributed by atoms with Crippen LogP contribution in [0.2, 0.25) is 0 Å². The second-order valence-corrected chi connectivity index (χ2v) is 4.81. The van der Waals surface area contributed by atoms with Crippen LogP contribution in [0.25, 0.3) is 11.3 Å². The maximum atomic E-state index is 10.3. The van der Waals surface area contributed by atoms with Crippen molar-refractivity contribution in [3.63, 3.8) is 0 Å². The minimum atomic E-state index is 0.379. The van der Waals surface area contributed by atoms with E-state index in [0.717, 1.165) is 29.7 Å². The lowest BCUT2D eigenvalue weighted by Gasteiger charge is -2.01. The van der Waals surface area contributed by atoms with Gasteiger partial charge < -0.3 is 5.11 Å². The van der Waals surface area contributed by atoms with Crippen LogP contribution in [-0.4, -0.2) is 5.11 Å². The molecule has 0 saturated heterocycles. The normalized spacial score (nSPS) is 14.2. The van der Waals surface area contributed by atoms with Crippen molar-refractivity contribution >= 4 is 11.3 Å². The first-order chi connectivity index (χ1) is 9.60. The maximum absolute atomic E-state index is 10.3. The molecular formula is C19H30O. The summed E-state index contributed by atoms with van der Waals surface area (Å²) >= 11 is 0. The lowest BCUT2D eigenvalue weighted by atomic mass is 10.1. The van der Waals surface area contributed by atoms with E-state index in [0.29, 0.717) is 5.76 Å². The molecule has 1 rings (SSSR count). The third kappa shape index (κ3) is 5.64. The average molecular weight is 274 g/mol. The molecular weight excluding hydrogens is 244 g/mol. The molecule has 0 unspecified atom stereocenters. The average Bonchev–Trinajstić information content (AvgIpc) is 2.48. The molecule has 1 N–H and O–H groups in total. The van der Waals surface area contributed by atoms with Crippen molar-refractivity contribution in [3.8, 4) is 0 Å². The third-order valence-corrected chi connectivity index (χ3v) is 3.22. The van der Waals surface area contributed by atoms with Crippen LogP contribution >= 0.6 is 0 Å². The van der Waals surface area contributed by atoms with Gasteiger partial charge in [0.15, 0.2) is 0 Å². The molecule has 1 aromatic carbocycles. The van der Waals surface area contributed by atoms with E-state index in [4.69, 9.17) is 0 Å². The molecule has 0 aromatic heterocycles. The van der Waals surface area contributed by atoms with Crippen LogP contribution in [0.4, 0.5) is 0 Å². The molecule has 0 aliphatic carbocycles. The summed E-state index contributed by atoms with van der Waals surface area (Å²) in [7, 11) is 0. The number of benzene rings is 1. The molecule has 0 atom stereocenters. The molecule has 0 radical (unpaired) electrons. The third-order valence-electron chi connectivity index (χ3n) is 3.22. The summed E-state index contributed by atoms with van der Waals surface area (Å²) in [4.78, 5) is 0. The Kier molecular flexibility index (Phi) is 9.53. The number of hydrogen-bond acceptors (Lipinski definition) is 1. The Bertz CT molecular complexity index is 535. The summed E-state index contributed by atoms with van der Waals surface area (Å²) in [5.74, 6) is 0.379. The van der Waals surface area contributed by atoms with Crippen molar-refractivity contribution in [2.75, 3.05) is 0 Å². The van der Waals surface area contributed by atoms with Crippen LogP contribution in [0.5, 0.6) is 0 Å². The van der Waals surface area contributed by atoms with Gasteiger partial charge in [-0.1, -0.05) is 69.5 Å². The molecule has 0 spiro atoms. The quantitative estimate of drug-likeness (QED) is 0.843. The first kappa shape index (κ1) is 18.5. The molecule has 1 nitrogen and oxygen atoms in total. The van der Waals surface area contributed by atoms with Crippen LogP contribution in [-0.2, 0) is 0 Å². The van der Waals surface area contributed by atoms with E-state index in [-0.39, 0.29) is 0 Å². The fraction of sp³-hybridized carbons (Fsp3) is 0.474. The van der Waals surface area contributed by atoms with Crippen molar-refractivity contribution in [2.45, 2.75) is 60.8 Å². The molecule has 0 amide bonds. The van der Waals surface area contributed by atoms with E-state index < -0.39 is 0 Å². The van der Waals surface area contributed by atoms with Crippen LogP contribution in [0.1, 0.15) is 60.8 Å². The van der Waals surface area contributed by atoms with Gasteiger partial charge in [-0.05, 0) is 38.0 Å². The monoisotopic (exact) mass is 274 g/mol. The highest BCUT2D eigenvalue weighted by Crippen LogP contribution is 2.05. The first-order valence-electron chi connectivity index (χ1n) is 7.75. The lowest BCUT2D eigenvalue weighted by molar-refractivity contribution is 0.510. The van der Waals surface area contributed by atoms with Crippen LogP contribution in [0, 0.1) is 0 Å². The van der Waals surface area contributed by atoms with Gasteiger partial charge in [0.2, 0.25) is 0 Å². The van der Waals surface area contributed by atoms with E-state index >= 15 is 0 Å². The molecule has 0 saturated carbocycles. The predicted octanol–water partition coefficient (Wildman–Crippen LogP) is 4.71. The molecule has 0 fully saturated rings. The fourth-order valence-corrected chi connectivity index (χ4v) is 2.05. The molecule has 112 valence electrons. The van der Waals surface area contributed by atoms with Gasteiger partial charge >= 0.3 is 0 Å². The van der Waals surface area contributed by atoms with E-state index in [1.165, 1.54) is 11.1 Å². The van der Waals surface area contributed by atoms with E-state index in [1.807, 2.05) is 38.1 Å². The zero-order valence-electron chi connectivity index (χ0n) is 14.0. The zero-order chi connectivity index (χ0) is 15.5. The smallest absolute Gasteiger partial charge is 0.123 e. The summed E-state index contributed by atoms with van der Waals surface area (Å²) < 4.78 is 0. The molecule has 1 aromatic rings. The summed E-state index contributed by atoms with van der Waals surface area (Å²) in [5, 5.41) is 12.4. The summed E-state index contributed by atoms with van der Waals surface area (Å²) in [6, 6.07) is 8.06. The maximum Gasteiger partial charge on any atom is 0.123 e. The second-order valence-electron chi connectivity index (χ2n) is 4.81. The van der Waals surface area contributed by atoms with Crippen molar-refractivity contribution in [1.29, 1.82) is 0 Å². The number of aliphatic hydroxyl groups is 1. The Labute approximate surface area is 124 Å². The first-order valence-corrected chi connectivity index (χ1v) is 7.75. The largest absolute Gasteiger partial charge is 0.507 e. The molecule has 0 bridgehead atoms. The van der Waals surface area contributed by atoms with Crippen molar-refractivity contribution in [2.24, 2.45) is 0 Å². The fourth-order valence-electron chi connectivity index (χ4n) is 2.05. The Hall–Kier alpha value is -1.50. The Morgan fingerprint density at radius 1 is 1.05 bits per heavy atom. The summed E-state index contributed by atoms with van der Waals surface area (Å²) in [6.07, 6.45) is 5.04. The highest BCUT2D eigenvalue weighted by Gasteiger charge is 1.97. The minimum absolute atomic E-state index is 0.379. The molecule has 20 heavy (non-hydrogen) atoms. The Morgan fingerprint density at radius 3 is 2.10 bits per heavy atom. The van der Waals surface area contributed by atoms with Crippen LogP contribution in [0.3, 0.4) is 0 Å². The number of rotatable bonds is 4. The molecule has 0 aliphatic rings. The number of aliphatic hydroxyl groups excluding tert-OH is 1. The van der Waals surface area contributed by atoms with Gasteiger partial charge in [0.05, 0.1) is 0 Å². The van der Waals surface area contributed by atoms with Crippen LogP contribution in [0.15, 0.2) is 35.9 Å². The van der Waals surface area contributed by atoms with Crippen molar-refractivity contribution < 1.29 is 5.11 Å². The van der Waals surface area contributed by atoms with Gasteiger partial charge in [-0.2, -0.15) is 0 Å². The number of hydrogen-bond donors (Lipinski definition) is 1. The SMILES string of the molecule is CC.CCC/C(C)=C/C(O)=c1/cccc/c1=C(/C)CC. The standard InChI is InChI=1S/C17H24O.C2H6/c1-5-9-13(3)12-17(18)16-11-8-7-10-15(16)14(4)6-2;1-2/h7-8,10-12,18H,5-6,9H2,1-4H3;1-2H3/b13-12+,15-14+,17-16+;. The van der Waals surface area contributed by atoms with Gasteiger partial charge in [-0.3, -0.25) is 0 Å². The Balaban J connectivity index is 0.00000172. The number of allylic oxidation sites excluding steroid dienone is 1. The Morgan fingerprint density at radius 2 is 1.60 bits per heavy atom. The van der Waals surface area contributed by atoms with Gasteiger partial charge in [-0.25, -0.2) is 0 Å². The van der Waals surface area contributed by atoms with E-state index in [2.05, 4.69) is 33.8 Å². The van der Waals surface area contributed by atoms with Gasteiger partial charge in [-0.15, -0.1) is 0 Å². The van der Waals surface area contributed by atoms with Crippen molar-refractivity contribution in [3.05, 3.63) is 46.4 Å². The second kappa shape index (κ2) is 10.3. The minimum Gasteiger partial charge on any atom is -0.507 e. The van der Waals surface area contributed by atoms with E-state index in [1.54, 1.807) is 0 Å². The van der Waals surface area contributed by atoms with Gasteiger partial charge in [0.25, 0.3) is 0 Å². The summed E-state index contributed by atoms with van der Waals surface area (Å²) in [5.41, 5.74) is 2.53. The predicted molar refractivity (Wildman–Crippen MR) is 91.1 cm³/mol. The molecule has 1 heteroatoms. The zero-order valence-corrected chi connectivity index (χ0v) is 14.0. The molecule has 0 heterocycles. The topological polar surface area (TPSA) is 20.2 Å². The lowest BCUT2D eigenvalue weighted by Crippen LogP contribution is -2.28. The molecule has 0 aliphatic heterocycles. The van der Waals surface area contributed by atoms with E-state index in [9.17, 15) is 5.11 Å².